The molecule has 0 fully saturated rings. The third-order valence-corrected chi connectivity index (χ3v) is 3.31. The third-order valence-electron chi connectivity index (χ3n) is 3.31. The largest absolute Gasteiger partial charge is 0.377 e. The van der Waals surface area contributed by atoms with E-state index in [0.717, 1.165) is 12.0 Å². The number of benzene rings is 1. The van der Waals surface area contributed by atoms with Crippen LogP contribution in [0.15, 0.2) is 18.2 Å². The first-order valence-electron chi connectivity index (χ1n) is 5.51. The lowest BCUT2D eigenvalue weighted by atomic mass is 9.87. The van der Waals surface area contributed by atoms with Crippen LogP contribution in [0.1, 0.15) is 37.4 Å². The lowest BCUT2D eigenvalue weighted by Crippen LogP contribution is -2.40. The quantitative estimate of drug-likeness (QED) is 0.855. The van der Waals surface area contributed by atoms with Crippen molar-refractivity contribution in [2.24, 2.45) is 5.73 Å². The van der Waals surface area contributed by atoms with Gasteiger partial charge >= 0.3 is 0 Å². The van der Waals surface area contributed by atoms with E-state index < -0.39 is 11.6 Å². The van der Waals surface area contributed by atoms with Gasteiger partial charge in [0.05, 0.1) is 11.6 Å². The average Bonchev–Trinajstić information content (AvgIpc) is 2.30. The molecule has 0 aliphatic carbocycles. The number of rotatable bonds is 4. The van der Waals surface area contributed by atoms with E-state index >= 15 is 0 Å². The molecule has 2 atom stereocenters. The predicted molar refractivity (Wildman–Crippen MR) is 63.8 cm³/mol. The summed E-state index contributed by atoms with van der Waals surface area (Å²) in [6.45, 7) is 5.81. The van der Waals surface area contributed by atoms with Crippen molar-refractivity contribution in [3.05, 3.63) is 35.1 Å². The number of hydrogen-bond acceptors (Lipinski definition) is 2. The smallest absolute Gasteiger partial charge is 0.128 e. The maximum Gasteiger partial charge on any atom is 0.128 e. The summed E-state index contributed by atoms with van der Waals surface area (Å²) in [4.78, 5) is 0. The molecule has 0 aliphatic rings. The summed E-state index contributed by atoms with van der Waals surface area (Å²) >= 11 is 0. The first kappa shape index (κ1) is 13.1. The van der Waals surface area contributed by atoms with Crippen LogP contribution in [0.4, 0.5) is 4.39 Å². The molecule has 0 saturated carbocycles. The third kappa shape index (κ3) is 2.42. The molecule has 1 rings (SSSR count). The van der Waals surface area contributed by atoms with Crippen molar-refractivity contribution in [3.8, 4) is 0 Å². The fraction of sp³-hybridized carbons (Fsp3) is 0.538. The number of nitrogens with two attached hydrogens (primary N) is 1. The molecule has 1 aromatic rings. The van der Waals surface area contributed by atoms with Crippen molar-refractivity contribution in [2.75, 3.05) is 7.11 Å². The second kappa shape index (κ2) is 4.93. The van der Waals surface area contributed by atoms with Crippen molar-refractivity contribution in [2.45, 2.75) is 38.8 Å². The number of hydrogen-bond donors (Lipinski definition) is 1. The zero-order valence-electron chi connectivity index (χ0n) is 10.4. The average molecular weight is 225 g/mol. The Balaban J connectivity index is 3.12. The van der Waals surface area contributed by atoms with Crippen LogP contribution in [0, 0.1) is 12.7 Å². The van der Waals surface area contributed by atoms with Crippen LogP contribution in [0.2, 0.25) is 0 Å². The summed E-state index contributed by atoms with van der Waals surface area (Å²) in [5.74, 6) is -0.269. The van der Waals surface area contributed by atoms with Crippen LogP contribution in [-0.4, -0.2) is 12.7 Å². The van der Waals surface area contributed by atoms with E-state index in [1.165, 1.54) is 6.07 Å². The number of methoxy groups -OCH3 is 1. The van der Waals surface area contributed by atoms with E-state index in [9.17, 15) is 4.39 Å². The Morgan fingerprint density at radius 2 is 2.12 bits per heavy atom. The number of halogens is 1. The van der Waals surface area contributed by atoms with Gasteiger partial charge in [-0.3, -0.25) is 0 Å². The Morgan fingerprint density at radius 1 is 1.50 bits per heavy atom. The lowest BCUT2D eigenvalue weighted by molar-refractivity contribution is -0.0202. The first-order chi connectivity index (χ1) is 7.44. The van der Waals surface area contributed by atoms with Gasteiger partial charge in [0.25, 0.3) is 0 Å². The molecule has 2 unspecified atom stereocenters. The fourth-order valence-corrected chi connectivity index (χ4v) is 1.72. The Labute approximate surface area is 96.6 Å². The molecule has 0 radical (unpaired) electrons. The molecule has 2 nitrogen and oxygen atoms in total. The van der Waals surface area contributed by atoms with Gasteiger partial charge in [-0.2, -0.15) is 0 Å². The summed E-state index contributed by atoms with van der Waals surface area (Å²) in [5.41, 5.74) is 7.09. The predicted octanol–water partition coefficient (Wildman–Crippen LogP) is 2.95. The van der Waals surface area contributed by atoms with Crippen molar-refractivity contribution < 1.29 is 9.13 Å². The minimum absolute atomic E-state index is 0.269. The molecular weight excluding hydrogens is 205 g/mol. The summed E-state index contributed by atoms with van der Waals surface area (Å²) < 4.78 is 19.1. The SMILES string of the molecule is CCC(C)(OC)C(N)c1cc(C)ccc1F. The maximum atomic E-state index is 13.7. The van der Waals surface area contributed by atoms with E-state index in [-0.39, 0.29) is 5.82 Å². The van der Waals surface area contributed by atoms with E-state index in [1.54, 1.807) is 19.2 Å². The van der Waals surface area contributed by atoms with Crippen LogP contribution in [0.25, 0.3) is 0 Å². The molecular formula is C13H20FNO. The molecule has 90 valence electrons. The minimum Gasteiger partial charge on any atom is -0.377 e. The van der Waals surface area contributed by atoms with Gasteiger partial charge in [-0.1, -0.05) is 24.6 Å². The van der Waals surface area contributed by atoms with Gasteiger partial charge in [0.2, 0.25) is 0 Å². The standard InChI is InChI=1S/C13H20FNO/c1-5-13(3,16-4)12(15)10-8-9(2)6-7-11(10)14/h6-8,12H,5,15H2,1-4H3. The van der Waals surface area contributed by atoms with Crippen molar-refractivity contribution >= 4 is 0 Å². The van der Waals surface area contributed by atoms with Crippen molar-refractivity contribution in [3.63, 3.8) is 0 Å². The van der Waals surface area contributed by atoms with Gasteiger partial charge in [-0.25, -0.2) is 4.39 Å². The van der Waals surface area contributed by atoms with Gasteiger partial charge in [0, 0.05) is 12.7 Å². The van der Waals surface area contributed by atoms with Gasteiger partial charge in [0.15, 0.2) is 0 Å². The van der Waals surface area contributed by atoms with Crippen molar-refractivity contribution in [1.29, 1.82) is 0 Å². The van der Waals surface area contributed by atoms with E-state index in [2.05, 4.69) is 0 Å². The molecule has 0 saturated heterocycles. The molecule has 0 heterocycles. The Kier molecular flexibility index (Phi) is 4.05. The Morgan fingerprint density at radius 3 is 2.62 bits per heavy atom. The summed E-state index contributed by atoms with van der Waals surface area (Å²) in [7, 11) is 1.61. The zero-order chi connectivity index (χ0) is 12.3. The number of aryl methyl sites for hydroxylation is 1. The molecule has 0 amide bonds. The first-order valence-corrected chi connectivity index (χ1v) is 5.51. The minimum atomic E-state index is -0.533. The highest BCUT2D eigenvalue weighted by Gasteiger charge is 2.32. The van der Waals surface area contributed by atoms with Crippen molar-refractivity contribution in [1.82, 2.24) is 0 Å². The van der Waals surface area contributed by atoms with Gasteiger partial charge < -0.3 is 10.5 Å². The van der Waals surface area contributed by atoms with Crippen LogP contribution < -0.4 is 5.73 Å². The summed E-state index contributed by atoms with van der Waals surface area (Å²) in [5, 5.41) is 0. The highest BCUT2D eigenvalue weighted by atomic mass is 19.1. The summed E-state index contributed by atoms with van der Waals surface area (Å²) in [6, 6.07) is 4.52. The van der Waals surface area contributed by atoms with E-state index in [4.69, 9.17) is 10.5 Å². The molecule has 3 heteroatoms. The molecule has 2 N–H and O–H groups in total. The molecule has 0 aliphatic heterocycles. The highest BCUT2D eigenvalue weighted by Crippen LogP contribution is 2.31. The van der Waals surface area contributed by atoms with Crippen LogP contribution >= 0.6 is 0 Å². The Hall–Kier alpha value is -0.930. The summed E-state index contributed by atoms with van der Waals surface area (Å²) in [6.07, 6.45) is 0.734. The van der Waals surface area contributed by atoms with Crippen LogP contribution in [0.5, 0.6) is 0 Å². The highest BCUT2D eigenvalue weighted by molar-refractivity contribution is 5.28. The monoisotopic (exact) mass is 225 g/mol. The molecule has 0 aromatic heterocycles. The van der Waals surface area contributed by atoms with Gasteiger partial charge in [-0.05, 0) is 26.3 Å². The van der Waals surface area contributed by atoms with E-state index in [1.807, 2.05) is 20.8 Å². The fourth-order valence-electron chi connectivity index (χ4n) is 1.72. The van der Waals surface area contributed by atoms with E-state index in [0.29, 0.717) is 5.56 Å². The number of ether oxygens (including phenoxy) is 1. The normalized spacial score (nSPS) is 16.9. The lowest BCUT2D eigenvalue weighted by Gasteiger charge is -2.33. The topological polar surface area (TPSA) is 35.2 Å². The van der Waals surface area contributed by atoms with Crippen LogP contribution in [0.3, 0.4) is 0 Å². The zero-order valence-corrected chi connectivity index (χ0v) is 10.4. The molecule has 16 heavy (non-hydrogen) atoms. The molecule has 0 bridgehead atoms. The van der Waals surface area contributed by atoms with Crippen LogP contribution in [-0.2, 0) is 4.74 Å². The van der Waals surface area contributed by atoms with Gasteiger partial charge in [0.1, 0.15) is 5.82 Å². The second-order valence-corrected chi connectivity index (χ2v) is 4.37. The maximum absolute atomic E-state index is 13.7. The second-order valence-electron chi connectivity index (χ2n) is 4.37. The Bertz CT molecular complexity index is 361. The van der Waals surface area contributed by atoms with Gasteiger partial charge in [-0.15, -0.1) is 0 Å². The molecule has 0 spiro atoms. The molecule has 1 aromatic carbocycles.